The summed E-state index contributed by atoms with van der Waals surface area (Å²) in [7, 11) is 1.93. The second-order valence-electron chi connectivity index (χ2n) is 4.77. The highest BCUT2D eigenvalue weighted by molar-refractivity contribution is 5.76. The van der Waals surface area contributed by atoms with Gasteiger partial charge in [0.1, 0.15) is 0 Å². The molecule has 1 unspecified atom stereocenters. The zero-order valence-corrected chi connectivity index (χ0v) is 11.3. The third-order valence-electron chi connectivity index (χ3n) is 3.44. The van der Waals surface area contributed by atoms with E-state index >= 15 is 0 Å². The van der Waals surface area contributed by atoms with Crippen LogP contribution in [0.2, 0.25) is 0 Å². The maximum Gasteiger partial charge on any atom is 0.261 e. The molecule has 0 bridgehead atoms. The van der Waals surface area contributed by atoms with Crippen molar-refractivity contribution in [1.82, 2.24) is 14.5 Å². The van der Waals surface area contributed by atoms with E-state index in [4.69, 9.17) is 5.11 Å². The molecule has 102 valence electrons. The maximum absolute atomic E-state index is 12.2. The predicted molar refractivity (Wildman–Crippen MR) is 75.2 cm³/mol. The summed E-state index contributed by atoms with van der Waals surface area (Å²) in [5, 5.41) is 9.72. The van der Waals surface area contributed by atoms with E-state index in [0.717, 1.165) is 5.52 Å². The van der Waals surface area contributed by atoms with Crippen molar-refractivity contribution in [3.8, 4) is 0 Å². The summed E-state index contributed by atoms with van der Waals surface area (Å²) in [5.74, 6) is 0. The standard InChI is InChI=1S/C14H19N3O2/c1-11(9-18)16(2)7-8-17-10-15-13-6-4-3-5-12(13)14(17)19/h3-6,10-11,18H,7-9H2,1-2H3. The fraction of sp³-hybridized carbons (Fsp3) is 0.429. The van der Waals surface area contributed by atoms with Gasteiger partial charge in [0.2, 0.25) is 0 Å². The number of hydrogen-bond donors (Lipinski definition) is 1. The Hall–Kier alpha value is -1.72. The van der Waals surface area contributed by atoms with Crippen LogP contribution in [0.1, 0.15) is 6.92 Å². The van der Waals surface area contributed by atoms with E-state index in [2.05, 4.69) is 4.98 Å². The molecule has 19 heavy (non-hydrogen) atoms. The lowest BCUT2D eigenvalue weighted by atomic mass is 10.2. The quantitative estimate of drug-likeness (QED) is 0.861. The Kier molecular flexibility index (Phi) is 4.29. The Morgan fingerprint density at radius 2 is 2.16 bits per heavy atom. The highest BCUT2D eigenvalue weighted by atomic mass is 16.3. The zero-order valence-electron chi connectivity index (χ0n) is 11.3. The lowest BCUT2D eigenvalue weighted by Gasteiger charge is -2.22. The molecule has 2 aromatic rings. The first kappa shape index (κ1) is 13.7. The van der Waals surface area contributed by atoms with Crippen LogP contribution < -0.4 is 5.56 Å². The summed E-state index contributed by atoms with van der Waals surface area (Å²) < 4.78 is 1.61. The number of likely N-dealkylation sites (N-methyl/N-ethyl adjacent to an activating group) is 1. The molecule has 2 rings (SSSR count). The molecule has 1 N–H and O–H groups in total. The molecular weight excluding hydrogens is 242 g/mol. The van der Waals surface area contributed by atoms with Gasteiger partial charge in [-0.2, -0.15) is 0 Å². The van der Waals surface area contributed by atoms with Crippen LogP contribution in [0.5, 0.6) is 0 Å². The Balaban J connectivity index is 2.18. The van der Waals surface area contributed by atoms with E-state index in [1.165, 1.54) is 0 Å². The van der Waals surface area contributed by atoms with Gasteiger partial charge in [-0.25, -0.2) is 4.98 Å². The lowest BCUT2D eigenvalue weighted by Crippen LogP contribution is -2.36. The van der Waals surface area contributed by atoms with Crippen molar-refractivity contribution >= 4 is 10.9 Å². The largest absolute Gasteiger partial charge is 0.395 e. The third-order valence-corrected chi connectivity index (χ3v) is 3.44. The minimum Gasteiger partial charge on any atom is -0.395 e. The Morgan fingerprint density at radius 3 is 2.89 bits per heavy atom. The van der Waals surface area contributed by atoms with Gasteiger partial charge in [0.05, 0.1) is 23.8 Å². The number of aromatic nitrogens is 2. The fourth-order valence-electron chi connectivity index (χ4n) is 1.89. The summed E-state index contributed by atoms with van der Waals surface area (Å²) in [6.45, 7) is 3.32. The van der Waals surface area contributed by atoms with Gasteiger partial charge in [-0.05, 0) is 26.1 Å². The molecule has 1 heterocycles. The average Bonchev–Trinajstić information content (AvgIpc) is 2.45. The van der Waals surface area contributed by atoms with Crippen LogP contribution in [0.25, 0.3) is 10.9 Å². The first-order valence-corrected chi connectivity index (χ1v) is 6.38. The zero-order chi connectivity index (χ0) is 13.8. The van der Waals surface area contributed by atoms with Crippen LogP contribution in [0, 0.1) is 0 Å². The minimum absolute atomic E-state index is 0.0179. The van der Waals surface area contributed by atoms with Gasteiger partial charge in [-0.3, -0.25) is 14.3 Å². The average molecular weight is 261 g/mol. The van der Waals surface area contributed by atoms with Crippen molar-refractivity contribution in [2.75, 3.05) is 20.2 Å². The monoisotopic (exact) mass is 261 g/mol. The van der Waals surface area contributed by atoms with Crippen LogP contribution in [0.4, 0.5) is 0 Å². The molecule has 1 aromatic heterocycles. The molecule has 0 aliphatic rings. The van der Waals surface area contributed by atoms with E-state index < -0.39 is 0 Å². The number of aliphatic hydroxyl groups excluding tert-OH is 1. The molecule has 1 atom stereocenters. The molecular formula is C14H19N3O2. The molecule has 5 nitrogen and oxygen atoms in total. The molecule has 5 heteroatoms. The fourth-order valence-corrected chi connectivity index (χ4v) is 1.89. The topological polar surface area (TPSA) is 58.4 Å². The number of nitrogens with zero attached hydrogens (tertiary/aromatic N) is 3. The normalized spacial score (nSPS) is 13.1. The Morgan fingerprint density at radius 1 is 1.42 bits per heavy atom. The number of para-hydroxylation sites is 1. The highest BCUT2D eigenvalue weighted by Gasteiger charge is 2.08. The molecule has 0 radical (unpaired) electrons. The highest BCUT2D eigenvalue weighted by Crippen LogP contribution is 2.04. The SMILES string of the molecule is CC(CO)N(C)CCn1cnc2ccccc2c1=O. The van der Waals surface area contributed by atoms with Crippen molar-refractivity contribution in [2.45, 2.75) is 19.5 Å². The van der Waals surface area contributed by atoms with Gasteiger partial charge in [-0.15, -0.1) is 0 Å². The lowest BCUT2D eigenvalue weighted by molar-refractivity contribution is 0.155. The smallest absolute Gasteiger partial charge is 0.261 e. The van der Waals surface area contributed by atoms with Crippen molar-refractivity contribution in [2.24, 2.45) is 0 Å². The Bertz CT molecular complexity index is 609. The van der Waals surface area contributed by atoms with Crippen molar-refractivity contribution < 1.29 is 5.11 Å². The van der Waals surface area contributed by atoms with Gasteiger partial charge in [-0.1, -0.05) is 12.1 Å². The molecule has 0 aliphatic heterocycles. The van der Waals surface area contributed by atoms with Crippen molar-refractivity contribution in [3.05, 3.63) is 40.9 Å². The van der Waals surface area contributed by atoms with E-state index in [0.29, 0.717) is 18.5 Å². The molecule has 0 spiro atoms. The molecule has 1 aromatic carbocycles. The molecule has 0 fully saturated rings. The van der Waals surface area contributed by atoms with Crippen LogP contribution >= 0.6 is 0 Å². The van der Waals surface area contributed by atoms with Gasteiger partial charge in [0.25, 0.3) is 5.56 Å². The second-order valence-corrected chi connectivity index (χ2v) is 4.77. The summed E-state index contributed by atoms with van der Waals surface area (Å²) in [6.07, 6.45) is 1.59. The third kappa shape index (κ3) is 3.00. The van der Waals surface area contributed by atoms with E-state index in [9.17, 15) is 4.79 Å². The van der Waals surface area contributed by atoms with Gasteiger partial charge in [0.15, 0.2) is 0 Å². The number of aliphatic hydroxyl groups is 1. The molecule has 0 saturated carbocycles. The van der Waals surface area contributed by atoms with Crippen LogP contribution in [0.3, 0.4) is 0 Å². The number of fused-ring (bicyclic) bond motifs is 1. The predicted octanol–water partition coefficient (Wildman–Crippen LogP) is 0.709. The van der Waals surface area contributed by atoms with Crippen LogP contribution in [0.15, 0.2) is 35.4 Å². The van der Waals surface area contributed by atoms with E-state index in [1.807, 2.05) is 37.1 Å². The van der Waals surface area contributed by atoms with Crippen LogP contribution in [-0.4, -0.2) is 45.8 Å². The minimum atomic E-state index is -0.0179. The van der Waals surface area contributed by atoms with Gasteiger partial charge in [0, 0.05) is 19.1 Å². The van der Waals surface area contributed by atoms with Gasteiger partial charge >= 0.3 is 0 Å². The first-order chi connectivity index (χ1) is 9.13. The summed E-state index contributed by atoms with van der Waals surface area (Å²) >= 11 is 0. The molecule has 0 amide bonds. The molecule has 0 aliphatic carbocycles. The van der Waals surface area contributed by atoms with Gasteiger partial charge < -0.3 is 5.11 Å². The number of hydrogen-bond acceptors (Lipinski definition) is 4. The maximum atomic E-state index is 12.2. The second kappa shape index (κ2) is 5.95. The summed E-state index contributed by atoms with van der Waals surface area (Å²) in [5.41, 5.74) is 0.705. The van der Waals surface area contributed by atoms with Crippen molar-refractivity contribution in [3.63, 3.8) is 0 Å². The molecule has 0 saturated heterocycles. The summed E-state index contributed by atoms with van der Waals surface area (Å²) in [6, 6.07) is 7.43. The number of rotatable bonds is 5. The van der Waals surface area contributed by atoms with E-state index in [1.54, 1.807) is 17.0 Å². The van der Waals surface area contributed by atoms with Crippen LogP contribution in [-0.2, 0) is 6.54 Å². The Labute approximate surface area is 112 Å². The first-order valence-electron chi connectivity index (χ1n) is 6.38. The summed E-state index contributed by atoms with van der Waals surface area (Å²) in [4.78, 5) is 18.5. The van der Waals surface area contributed by atoms with E-state index in [-0.39, 0.29) is 18.2 Å². The van der Waals surface area contributed by atoms with Crippen molar-refractivity contribution in [1.29, 1.82) is 0 Å². The number of benzene rings is 1.